The summed E-state index contributed by atoms with van der Waals surface area (Å²) in [5, 5.41) is 61.9. The Balaban J connectivity index is 2.24. The van der Waals surface area contributed by atoms with E-state index in [0.717, 1.165) is 0 Å². The number of carbonyl (C=O) groups is 1. The molecule has 0 radical (unpaired) electrons. The maximum absolute atomic E-state index is 11.4. The number of rotatable bonds is 6. The fraction of sp³-hybridized carbons (Fsp3) is 0.933. The van der Waals surface area contributed by atoms with Crippen molar-refractivity contribution in [3.8, 4) is 0 Å². The van der Waals surface area contributed by atoms with Crippen molar-refractivity contribution in [1.82, 2.24) is 5.32 Å². The van der Waals surface area contributed by atoms with Gasteiger partial charge in [-0.1, -0.05) is 0 Å². The molecule has 0 aromatic heterocycles. The molecule has 2 rings (SSSR count). The van der Waals surface area contributed by atoms with Gasteiger partial charge in [0.2, 0.25) is 5.91 Å². The minimum absolute atomic E-state index is 0.554. The summed E-state index contributed by atoms with van der Waals surface area (Å²) in [6.45, 7) is -0.0617. The maximum Gasteiger partial charge on any atom is 0.217 e. The molecular formula is C15H27NO11. The number of carbonyl (C=O) groups excluding carboxylic acids is 1. The summed E-state index contributed by atoms with van der Waals surface area (Å²) in [6.07, 6.45) is -12.4. The first-order chi connectivity index (χ1) is 12.7. The Kier molecular flexibility index (Phi) is 7.88. The molecule has 1 amide bonds. The van der Waals surface area contributed by atoms with E-state index in [1.54, 1.807) is 0 Å². The molecule has 2 heterocycles. The van der Waals surface area contributed by atoms with Gasteiger partial charge in [-0.2, -0.15) is 0 Å². The van der Waals surface area contributed by atoms with Gasteiger partial charge in [0.15, 0.2) is 12.6 Å². The summed E-state index contributed by atoms with van der Waals surface area (Å²) in [7, 11) is 1.25. The molecule has 12 heteroatoms. The molecule has 7 N–H and O–H groups in total. The average Bonchev–Trinajstić information content (AvgIpc) is 2.64. The van der Waals surface area contributed by atoms with E-state index in [0.29, 0.717) is 0 Å². The van der Waals surface area contributed by atoms with Crippen LogP contribution in [0.3, 0.4) is 0 Å². The summed E-state index contributed by atoms with van der Waals surface area (Å²) < 4.78 is 21.2. The quantitative estimate of drug-likeness (QED) is 0.228. The number of aliphatic hydroxyl groups excluding tert-OH is 6. The van der Waals surface area contributed by atoms with Crippen LogP contribution in [0, 0.1) is 0 Å². The predicted molar refractivity (Wildman–Crippen MR) is 85.0 cm³/mol. The maximum atomic E-state index is 11.4. The summed E-state index contributed by atoms with van der Waals surface area (Å²) in [6, 6.07) is -1.25. The van der Waals surface area contributed by atoms with Gasteiger partial charge in [-0.3, -0.25) is 4.79 Å². The van der Waals surface area contributed by atoms with E-state index in [1.165, 1.54) is 14.0 Å². The van der Waals surface area contributed by atoms with Gasteiger partial charge in [0, 0.05) is 14.0 Å². The van der Waals surface area contributed by atoms with Crippen LogP contribution in [0.5, 0.6) is 0 Å². The molecular weight excluding hydrogens is 370 g/mol. The van der Waals surface area contributed by atoms with E-state index in [2.05, 4.69) is 5.32 Å². The van der Waals surface area contributed by atoms with E-state index in [9.17, 15) is 35.4 Å². The molecule has 2 aliphatic heterocycles. The van der Waals surface area contributed by atoms with Crippen molar-refractivity contribution in [3.63, 3.8) is 0 Å². The van der Waals surface area contributed by atoms with Gasteiger partial charge in [-0.25, -0.2) is 0 Å². The van der Waals surface area contributed by atoms with E-state index >= 15 is 0 Å². The van der Waals surface area contributed by atoms with Crippen molar-refractivity contribution in [2.24, 2.45) is 0 Å². The molecule has 0 spiro atoms. The Morgan fingerprint density at radius 3 is 2.00 bits per heavy atom. The lowest BCUT2D eigenvalue weighted by Gasteiger charge is -2.46. The highest BCUT2D eigenvalue weighted by Gasteiger charge is 2.51. The highest BCUT2D eigenvalue weighted by atomic mass is 16.7. The van der Waals surface area contributed by atoms with Crippen LogP contribution in [0.15, 0.2) is 0 Å². The molecule has 10 atom stereocenters. The van der Waals surface area contributed by atoms with Crippen molar-refractivity contribution in [2.45, 2.75) is 68.3 Å². The van der Waals surface area contributed by atoms with Crippen LogP contribution in [-0.2, 0) is 23.7 Å². The van der Waals surface area contributed by atoms with Crippen LogP contribution in [0.2, 0.25) is 0 Å². The molecule has 158 valence electrons. The van der Waals surface area contributed by atoms with E-state index in [4.69, 9.17) is 18.9 Å². The summed E-state index contributed by atoms with van der Waals surface area (Å²) in [5.74, 6) is -0.554. The van der Waals surface area contributed by atoms with Gasteiger partial charge >= 0.3 is 0 Å². The Labute approximate surface area is 155 Å². The minimum atomic E-state index is -1.55. The van der Waals surface area contributed by atoms with Crippen LogP contribution in [0.25, 0.3) is 0 Å². The number of ether oxygens (including phenoxy) is 4. The highest BCUT2D eigenvalue weighted by Crippen LogP contribution is 2.29. The van der Waals surface area contributed by atoms with E-state index in [1.807, 2.05) is 0 Å². The summed E-state index contributed by atoms with van der Waals surface area (Å²) >= 11 is 0. The highest BCUT2D eigenvalue weighted by molar-refractivity contribution is 5.73. The van der Waals surface area contributed by atoms with Crippen molar-refractivity contribution in [2.75, 3.05) is 20.3 Å². The third kappa shape index (κ3) is 4.74. The topological polar surface area (TPSA) is 187 Å². The van der Waals surface area contributed by atoms with E-state index in [-0.39, 0.29) is 0 Å². The smallest absolute Gasteiger partial charge is 0.217 e. The molecule has 2 aliphatic rings. The molecule has 0 bridgehead atoms. The SMILES string of the molecule is CO[C@@H]1O[C@H](CO)[C@H](O)[C@H](O[C@@H]2O[C@H](CO)[C@@H](O)[C@H](O)[C@H]2NC(C)=O)[C@H]1O. The zero-order valence-electron chi connectivity index (χ0n) is 14.9. The normalized spacial score (nSPS) is 45.5. The van der Waals surface area contributed by atoms with Crippen LogP contribution >= 0.6 is 0 Å². The first-order valence-corrected chi connectivity index (χ1v) is 8.45. The molecule has 27 heavy (non-hydrogen) atoms. The van der Waals surface area contributed by atoms with Crippen LogP contribution in [-0.4, -0.2) is 118 Å². The van der Waals surface area contributed by atoms with Gasteiger partial charge < -0.3 is 54.9 Å². The Hall–Kier alpha value is -0.930. The zero-order valence-corrected chi connectivity index (χ0v) is 14.9. The molecule has 2 saturated heterocycles. The second-order valence-corrected chi connectivity index (χ2v) is 6.48. The standard InChI is InChI=1S/C15H27NO11/c1-5(19)16-8-11(22)9(20)6(3-17)25-14(8)27-13-10(21)7(4-18)26-15(24-2)12(13)23/h6-15,17-18,20-23H,3-4H2,1-2H3,(H,16,19)/t6-,7-,8-,9-,10+,11-,12-,13+,14+,15-/m1/s1. The molecule has 12 nitrogen and oxygen atoms in total. The predicted octanol–water partition coefficient (Wildman–Crippen LogP) is -4.60. The number of aliphatic hydroxyl groups is 6. The van der Waals surface area contributed by atoms with E-state index < -0.39 is 80.5 Å². The Morgan fingerprint density at radius 1 is 0.926 bits per heavy atom. The van der Waals surface area contributed by atoms with Gasteiger partial charge in [0.1, 0.15) is 48.8 Å². The second kappa shape index (κ2) is 9.52. The lowest BCUT2D eigenvalue weighted by atomic mass is 9.95. The molecule has 2 fully saturated rings. The van der Waals surface area contributed by atoms with Crippen LogP contribution < -0.4 is 5.32 Å². The molecule has 0 aromatic rings. The van der Waals surface area contributed by atoms with Crippen molar-refractivity contribution in [1.29, 1.82) is 0 Å². The average molecular weight is 397 g/mol. The first kappa shape index (κ1) is 22.4. The third-order valence-electron chi connectivity index (χ3n) is 4.60. The van der Waals surface area contributed by atoms with Gasteiger partial charge in [0.05, 0.1) is 13.2 Å². The first-order valence-electron chi connectivity index (χ1n) is 8.45. The minimum Gasteiger partial charge on any atom is -0.394 e. The Morgan fingerprint density at radius 2 is 1.48 bits per heavy atom. The third-order valence-corrected chi connectivity index (χ3v) is 4.60. The largest absolute Gasteiger partial charge is 0.394 e. The number of hydrogen-bond donors (Lipinski definition) is 7. The van der Waals surface area contributed by atoms with Crippen LogP contribution in [0.4, 0.5) is 0 Å². The molecule has 0 aliphatic carbocycles. The Bertz CT molecular complexity index is 478. The lowest BCUT2D eigenvalue weighted by molar-refractivity contribution is -0.344. The van der Waals surface area contributed by atoms with Gasteiger partial charge in [-0.05, 0) is 0 Å². The molecule has 0 saturated carbocycles. The van der Waals surface area contributed by atoms with Crippen molar-refractivity contribution < 1.29 is 54.4 Å². The van der Waals surface area contributed by atoms with Crippen molar-refractivity contribution >= 4 is 5.91 Å². The fourth-order valence-electron chi connectivity index (χ4n) is 3.15. The van der Waals surface area contributed by atoms with Crippen molar-refractivity contribution in [3.05, 3.63) is 0 Å². The van der Waals surface area contributed by atoms with Gasteiger partial charge in [-0.15, -0.1) is 0 Å². The van der Waals surface area contributed by atoms with Gasteiger partial charge in [0.25, 0.3) is 0 Å². The summed E-state index contributed by atoms with van der Waals surface area (Å²) in [4.78, 5) is 11.4. The molecule has 0 aromatic carbocycles. The molecule has 0 unspecified atom stereocenters. The fourth-order valence-corrected chi connectivity index (χ4v) is 3.15. The lowest BCUT2D eigenvalue weighted by Crippen LogP contribution is -2.67. The number of amides is 1. The summed E-state index contributed by atoms with van der Waals surface area (Å²) in [5.41, 5.74) is 0. The number of methoxy groups -OCH3 is 1. The second-order valence-electron chi connectivity index (χ2n) is 6.48. The monoisotopic (exact) mass is 397 g/mol. The van der Waals surface area contributed by atoms with Crippen LogP contribution in [0.1, 0.15) is 6.92 Å². The zero-order chi connectivity index (χ0) is 20.3. The number of nitrogens with one attached hydrogen (secondary N) is 1. The number of hydrogen-bond acceptors (Lipinski definition) is 11.